The third kappa shape index (κ3) is 3.70. The van der Waals surface area contributed by atoms with Crippen LogP contribution < -0.4 is 9.47 Å². The quantitative estimate of drug-likeness (QED) is 0.764. The number of benzene rings is 1. The number of likely N-dealkylation sites (tertiary alicyclic amines) is 1. The molecule has 1 atom stereocenters. The van der Waals surface area contributed by atoms with Crippen LogP contribution in [0.2, 0.25) is 0 Å². The Hall–Kier alpha value is -1.55. The van der Waals surface area contributed by atoms with Crippen LogP contribution in [0.5, 0.6) is 11.5 Å². The average Bonchev–Trinajstić information content (AvgIpc) is 2.45. The van der Waals surface area contributed by atoms with Crippen molar-refractivity contribution >= 4 is 6.29 Å². The SMILES string of the molecule is COc1ccc(C=O)cc1OCC1CCCN(C)C1. The van der Waals surface area contributed by atoms with E-state index in [2.05, 4.69) is 11.9 Å². The zero-order valence-electron chi connectivity index (χ0n) is 11.6. The lowest BCUT2D eigenvalue weighted by molar-refractivity contribution is 0.112. The van der Waals surface area contributed by atoms with Crippen molar-refractivity contribution in [2.45, 2.75) is 12.8 Å². The standard InChI is InChI=1S/C15H21NO3/c1-16-7-3-4-13(9-16)11-19-15-8-12(10-17)5-6-14(15)18-2/h5-6,8,10,13H,3-4,7,9,11H2,1-2H3. The Morgan fingerprint density at radius 2 is 2.26 bits per heavy atom. The molecule has 1 unspecified atom stereocenters. The summed E-state index contributed by atoms with van der Waals surface area (Å²) in [6, 6.07) is 5.23. The fourth-order valence-corrected chi connectivity index (χ4v) is 2.50. The average molecular weight is 263 g/mol. The molecule has 2 rings (SSSR count). The zero-order chi connectivity index (χ0) is 13.7. The Morgan fingerprint density at radius 1 is 1.42 bits per heavy atom. The molecule has 0 aromatic heterocycles. The molecule has 0 N–H and O–H groups in total. The van der Waals surface area contributed by atoms with Gasteiger partial charge >= 0.3 is 0 Å². The number of nitrogens with zero attached hydrogens (tertiary/aromatic N) is 1. The van der Waals surface area contributed by atoms with Gasteiger partial charge in [-0.3, -0.25) is 4.79 Å². The summed E-state index contributed by atoms with van der Waals surface area (Å²) < 4.78 is 11.1. The highest BCUT2D eigenvalue weighted by Gasteiger charge is 2.18. The van der Waals surface area contributed by atoms with Gasteiger partial charge in [-0.1, -0.05) is 0 Å². The molecule has 0 radical (unpaired) electrons. The highest BCUT2D eigenvalue weighted by atomic mass is 16.5. The minimum atomic E-state index is 0.545. The van der Waals surface area contributed by atoms with Crippen LogP contribution in [0.15, 0.2) is 18.2 Å². The minimum absolute atomic E-state index is 0.545. The van der Waals surface area contributed by atoms with Crippen molar-refractivity contribution in [2.75, 3.05) is 33.9 Å². The summed E-state index contributed by atoms with van der Waals surface area (Å²) >= 11 is 0. The van der Waals surface area contributed by atoms with E-state index in [1.54, 1.807) is 25.3 Å². The monoisotopic (exact) mass is 263 g/mol. The maximum atomic E-state index is 10.8. The van der Waals surface area contributed by atoms with Crippen LogP contribution in [0.4, 0.5) is 0 Å². The van der Waals surface area contributed by atoms with E-state index in [9.17, 15) is 4.79 Å². The molecule has 4 nitrogen and oxygen atoms in total. The molecule has 1 fully saturated rings. The Morgan fingerprint density at radius 3 is 2.95 bits per heavy atom. The maximum absolute atomic E-state index is 10.8. The van der Waals surface area contributed by atoms with Gasteiger partial charge in [-0.25, -0.2) is 0 Å². The number of carbonyl (C=O) groups excluding carboxylic acids is 1. The van der Waals surface area contributed by atoms with E-state index < -0.39 is 0 Å². The van der Waals surface area contributed by atoms with Gasteiger partial charge in [0.15, 0.2) is 11.5 Å². The molecule has 1 saturated heterocycles. The summed E-state index contributed by atoms with van der Waals surface area (Å²) in [5.41, 5.74) is 0.608. The molecular formula is C15H21NO3. The van der Waals surface area contributed by atoms with Crippen LogP contribution in [0.3, 0.4) is 0 Å². The molecule has 1 aromatic carbocycles. The van der Waals surface area contributed by atoms with E-state index in [0.717, 1.165) is 12.8 Å². The number of methoxy groups -OCH3 is 1. The Kier molecular flexibility index (Phi) is 4.80. The van der Waals surface area contributed by atoms with Crippen molar-refractivity contribution in [1.82, 2.24) is 4.90 Å². The van der Waals surface area contributed by atoms with E-state index in [1.165, 1.54) is 19.4 Å². The fourth-order valence-electron chi connectivity index (χ4n) is 2.50. The van der Waals surface area contributed by atoms with Gasteiger partial charge in [-0.05, 0) is 44.6 Å². The zero-order valence-corrected chi connectivity index (χ0v) is 11.6. The predicted molar refractivity (Wildman–Crippen MR) is 74.1 cm³/mol. The van der Waals surface area contributed by atoms with E-state index in [-0.39, 0.29) is 0 Å². The second kappa shape index (κ2) is 6.57. The van der Waals surface area contributed by atoms with Crippen molar-refractivity contribution in [1.29, 1.82) is 0 Å². The molecule has 19 heavy (non-hydrogen) atoms. The number of aldehydes is 1. The first-order valence-electron chi connectivity index (χ1n) is 6.67. The van der Waals surface area contributed by atoms with Crippen LogP contribution in [-0.2, 0) is 0 Å². The van der Waals surface area contributed by atoms with Gasteiger partial charge in [-0.15, -0.1) is 0 Å². The second-order valence-corrected chi connectivity index (χ2v) is 5.11. The maximum Gasteiger partial charge on any atom is 0.161 e. The molecule has 1 aliphatic heterocycles. The predicted octanol–water partition coefficient (Wildman–Crippen LogP) is 2.23. The minimum Gasteiger partial charge on any atom is -0.493 e. The number of ether oxygens (including phenoxy) is 2. The fraction of sp³-hybridized carbons (Fsp3) is 0.533. The summed E-state index contributed by atoms with van der Waals surface area (Å²) in [6.07, 6.45) is 3.23. The topological polar surface area (TPSA) is 38.8 Å². The van der Waals surface area contributed by atoms with Crippen molar-refractivity contribution in [2.24, 2.45) is 5.92 Å². The third-order valence-electron chi connectivity index (χ3n) is 3.52. The lowest BCUT2D eigenvalue weighted by atomic mass is 9.99. The van der Waals surface area contributed by atoms with Crippen LogP contribution in [-0.4, -0.2) is 45.0 Å². The van der Waals surface area contributed by atoms with Gasteiger partial charge in [0, 0.05) is 18.0 Å². The van der Waals surface area contributed by atoms with E-state index in [1.807, 2.05) is 0 Å². The first-order chi connectivity index (χ1) is 9.22. The lowest BCUT2D eigenvalue weighted by Crippen LogP contribution is -2.34. The Bertz CT molecular complexity index is 433. The highest BCUT2D eigenvalue weighted by Crippen LogP contribution is 2.28. The molecule has 0 saturated carbocycles. The summed E-state index contributed by atoms with van der Waals surface area (Å²) in [4.78, 5) is 13.1. The van der Waals surface area contributed by atoms with Crippen molar-refractivity contribution in [3.05, 3.63) is 23.8 Å². The molecule has 0 amide bonds. The number of rotatable bonds is 5. The van der Waals surface area contributed by atoms with Crippen LogP contribution in [0, 0.1) is 5.92 Å². The summed E-state index contributed by atoms with van der Waals surface area (Å²) in [5.74, 6) is 1.87. The number of hydrogen-bond acceptors (Lipinski definition) is 4. The highest BCUT2D eigenvalue weighted by molar-refractivity contribution is 5.76. The number of hydrogen-bond donors (Lipinski definition) is 0. The number of piperidine rings is 1. The molecule has 1 aliphatic rings. The van der Waals surface area contributed by atoms with E-state index >= 15 is 0 Å². The molecule has 104 valence electrons. The van der Waals surface area contributed by atoms with Crippen molar-refractivity contribution in [3.8, 4) is 11.5 Å². The Labute approximate surface area is 114 Å². The van der Waals surface area contributed by atoms with Gasteiger partial charge in [0.1, 0.15) is 6.29 Å². The third-order valence-corrected chi connectivity index (χ3v) is 3.52. The molecular weight excluding hydrogens is 242 g/mol. The lowest BCUT2D eigenvalue weighted by Gasteiger charge is -2.29. The van der Waals surface area contributed by atoms with Gasteiger partial charge in [0.25, 0.3) is 0 Å². The summed E-state index contributed by atoms with van der Waals surface area (Å²) in [7, 11) is 3.75. The largest absolute Gasteiger partial charge is 0.493 e. The first-order valence-corrected chi connectivity index (χ1v) is 6.67. The molecule has 0 spiro atoms. The van der Waals surface area contributed by atoms with Crippen LogP contribution in [0.1, 0.15) is 23.2 Å². The summed E-state index contributed by atoms with van der Waals surface area (Å²) in [6.45, 7) is 2.90. The molecule has 4 heteroatoms. The molecule has 0 aliphatic carbocycles. The smallest absolute Gasteiger partial charge is 0.161 e. The van der Waals surface area contributed by atoms with Gasteiger partial charge in [0.05, 0.1) is 13.7 Å². The van der Waals surface area contributed by atoms with Gasteiger partial charge in [0.2, 0.25) is 0 Å². The number of carbonyl (C=O) groups is 1. The summed E-state index contributed by atoms with van der Waals surface area (Å²) in [5, 5.41) is 0. The Balaban J connectivity index is 1.99. The van der Waals surface area contributed by atoms with Crippen LogP contribution >= 0.6 is 0 Å². The van der Waals surface area contributed by atoms with Crippen molar-refractivity contribution in [3.63, 3.8) is 0 Å². The van der Waals surface area contributed by atoms with Crippen LogP contribution in [0.25, 0.3) is 0 Å². The molecule has 1 aromatic rings. The van der Waals surface area contributed by atoms with E-state index in [4.69, 9.17) is 9.47 Å². The van der Waals surface area contributed by atoms with E-state index in [0.29, 0.717) is 29.6 Å². The van der Waals surface area contributed by atoms with Gasteiger partial charge < -0.3 is 14.4 Å². The first kappa shape index (κ1) is 13.9. The van der Waals surface area contributed by atoms with Crippen molar-refractivity contribution < 1.29 is 14.3 Å². The second-order valence-electron chi connectivity index (χ2n) is 5.11. The van der Waals surface area contributed by atoms with Gasteiger partial charge in [-0.2, -0.15) is 0 Å². The normalized spacial score (nSPS) is 20.0. The molecule has 0 bridgehead atoms. The molecule has 1 heterocycles.